The second-order valence-electron chi connectivity index (χ2n) is 5.39. The Kier molecular flexibility index (Phi) is 3.68. The molecule has 98 valence electrons. The van der Waals surface area contributed by atoms with Crippen LogP contribution in [0.25, 0.3) is 0 Å². The van der Waals surface area contributed by atoms with E-state index >= 15 is 0 Å². The van der Waals surface area contributed by atoms with Gasteiger partial charge in [0, 0.05) is 30.1 Å². The minimum absolute atomic E-state index is 0.178. The van der Waals surface area contributed by atoms with E-state index in [1.165, 1.54) is 24.9 Å². The predicted octanol–water partition coefficient (Wildman–Crippen LogP) is 2.77. The standard InChI is InChI=1S/C14H18BrFN2/c15-13-6-12(16)4-3-10(13)7-18-8-11-2-1-5-17-14(11)9-18/h3-4,6,11,14,17H,1-2,5,7-9H2/t11-,14+/m0/s1. The Hall–Kier alpha value is -0.450. The van der Waals surface area contributed by atoms with Crippen LogP contribution in [0.4, 0.5) is 4.39 Å². The zero-order valence-electron chi connectivity index (χ0n) is 10.3. The predicted molar refractivity (Wildman–Crippen MR) is 73.9 cm³/mol. The van der Waals surface area contributed by atoms with Crippen LogP contribution < -0.4 is 5.32 Å². The first-order valence-corrected chi connectivity index (χ1v) is 7.41. The van der Waals surface area contributed by atoms with Gasteiger partial charge in [-0.05, 0) is 43.0 Å². The smallest absolute Gasteiger partial charge is 0.124 e. The molecule has 1 N–H and O–H groups in total. The molecule has 1 aromatic rings. The van der Waals surface area contributed by atoms with E-state index < -0.39 is 0 Å². The molecule has 0 unspecified atom stereocenters. The van der Waals surface area contributed by atoms with Gasteiger partial charge < -0.3 is 5.32 Å². The quantitative estimate of drug-likeness (QED) is 0.903. The lowest BCUT2D eigenvalue weighted by Gasteiger charge is -2.24. The van der Waals surface area contributed by atoms with Crippen molar-refractivity contribution in [2.24, 2.45) is 5.92 Å². The summed E-state index contributed by atoms with van der Waals surface area (Å²) in [5.41, 5.74) is 1.18. The molecule has 2 atom stereocenters. The highest BCUT2D eigenvalue weighted by Crippen LogP contribution is 2.27. The van der Waals surface area contributed by atoms with Gasteiger partial charge in [0.05, 0.1) is 0 Å². The molecule has 18 heavy (non-hydrogen) atoms. The molecule has 2 aliphatic rings. The van der Waals surface area contributed by atoms with Crippen molar-refractivity contribution in [1.82, 2.24) is 10.2 Å². The van der Waals surface area contributed by atoms with Crippen molar-refractivity contribution in [2.45, 2.75) is 25.4 Å². The highest BCUT2D eigenvalue weighted by atomic mass is 79.9. The van der Waals surface area contributed by atoms with Gasteiger partial charge in [0.25, 0.3) is 0 Å². The first-order chi connectivity index (χ1) is 8.72. The van der Waals surface area contributed by atoms with Crippen LogP contribution in [0.5, 0.6) is 0 Å². The van der Waals surface area contributed by atoms with Crippen molar-refractivity contribution in [2.75, 3.05) is 19.6 Å². The van der Waals surface area contributed by atoms with Crippen LogP contribution >= 0.6 is 15.9 Å². The molecule has 0 bridgehead atoms. The Morgan fingerprint density at radius 1 is 1.39 bits per heavy atom. The molecule has 4 heteroatoms. The Morgan fingerprint density at radius 2 is 2.28 bits per heavy atom. The number of fused-ring (bicyclic) bond motifs is 1. The largest absolute Gasteiger partial charge is 0.312 e. The van der Waals surface area contributed by atoms with Crippen LogP contribution in [-0.2, 0) is 6.54 Å². The fraction of sp³-hybridized carbons (Fsp3) is 0.571. The van der Waals surface area contributed by atoms with E-state index in [-0.39, 0.29) is 5.82 Å². The summed E-state index contributed by atoms with van der Waals surface area (Å²) in [6, 6.07) is 5.64. The Labute approximate surface area is 116 Å². The van der Waals surface area contributed by atoms with E-state index in [2.05, 4.69) is 26.1 Å². The maximum absolute atomic E-state index is 13.0. The highest BCUT2D eigenvalue weighted by molar-refractivity contribution is 9.10. The lowest BCUT2D eigenvalue weighted by Crippen LogP contribution is -2.40. The minimum Gasteiger partial charge on any atom is -0.312 e. The first-order valence-electron chi connectivity index (χ1n) is 6.62. The Morgan fingerprint density at radius 3 is 3.06 bits per heavy atom. The number of halogens is 2. The maximum Gasteiger partial charge on any atom is 0.124 e. The summed E-state index contributed by atoms with van der Waals surface area (Å²) in [4.78, 5) is 2.48. The van der Waals surface area contributed by atoms with E-state index in [1.807, 2.05) is 6.07 Å². The summed E-state index contributed by atoms with van der Waals surface area (Å²) in [7, 11) is 0. The third kappa shape index (κ3) is 2.60. The van der Waals surface area contributed by atoms with Crippen LogP contribution in [0.2, 0.25) is 0 Å². The second-order valence-corrected chi connectivity index (χ2v) is 6.25. The third-order valence-electron chi connectivity index (χ3n) is 4.08. The van der Waals surface area contributed by atoms with Crippen LogP contribution in [0.15, 0.2) is 22.7 Å². The normalized spacial score (nSPS) is 28.3. The van der Waals surface area contributed by atoms with Crippen molar-refractivity contribution >= 4 is 15.9 Å². The number of piperidine rings is 1. The van der Waals surface area contributed by atoms with E-state index in [0.29, 0.717) is 6.04 Å². The number of nitrogens with one attached hydrogen (secondary N) is 1. The Balaban J connectivity index is 1.66. The van der Waals surface area contributed by atoms with E-state index in [4.69, 9.17) is 0 Å². The fourth-order valence-corrected chi connectivity index (χ4v) is 3.63. The summed E-state index contributed by atoms with van der Waals surface area (Å²) in [5.74, 6) is 0.625. The topological polar surface area (TPSA) is 15.3 Å². The van der Waals surface area contributed by atoms with Crippen molar-refractivity contribution in [3.05, 3.63) is 34.1 Å². The molecule has 3 rings (SSSR count). The van der Waals surface area contributed by atoms with Crippen molar-refractivity contribution in [3.63, 3.8) is 0 Å². The molecule has 0 spiro atoms. The summed E-state index contributed by atoms with van der Waals surface area (Å²) in [6.45, 7) is 4.36. The molecular formula is C14H18BrFN2. The third-order valence-corrected chi connectivity index (χ3v) is 4.82. The number of benzene rings is 1. The van der Waals surface area contributed by atoms with Gasteiger partial charge in [-0.3, -0.25) is 4.90 Å². The van der Waals surface area contributed by atoms with Crippen LogP contribution in [0.3, 0.4) is 0 Å². The van der Waals surface area contributed by atoms with Gasteiger partial charge >= 0.3 is 0 Å². The summed E-state index contributed by atoms with van der Waals surface area (Å²) in [6.07, 6.45) is 2.65. The van der Waals surface area contributed by atoms with E-state index in [0.717, 1.165) is 30.0 Å². The molecule has 1 aromatic carbocycles. The van der Waals surface area contributed by atoms with Gasteiger partial charge in [0.15, 0.2) is 0 Å². The zero-order valence-corrected chi connectivity index (χ0v) is 11.9. The van der Waals surface area contributed by atoms with E-state index in [9.17, 15) is 4.39 Å². The lowest BCUT2D eigenvalue weighted by atomic mass is 9.94. The summed E-state index contributed by atoms with van der Waals surface area (Å²) in [5, 5.41) is 3.61. The van der Waals surface area contributed by atoms with E-state index in [1.54, 1.807) is 12.1 Å². The molecule has 0 saturated carbocycles. The van der Waals surface area contributed by atoms with Crippen LogP contribution in [-0.4, -0.2) is 30.6 Å². The minimum atomic E-state index is -0.178. The van der Waals surface area contributed by atoms with Gasteiger partial charge in [-0.2, -0.15) is 0 Å². The lowest BCUT2D eigenvalue weighted by molar-refractivity contribution is 0.312. The summed E-state index contributed by atoms with van der Waals surface area (Å²) < 4.78 is 13.9. The Bertz CT molecular complexity index is 424. The van der Waals surface area contributed by atoms with Crippen LogP contribution in [0, 0.1) is 11.7 Å². The van der Waals surface area contributed by atoms with Gasteiger partial charge in [-0.15, -0.1) is 0 Å². The molecule has 2 saturated heterocycles. The molecule has 2 fully saturated rings. The second kappa shape index (κ2) is 5.27. The SMILES string of the molecule is Fc1ccc(CN2C[C@@H]3CCCN[C@@H]3C2)c(Br)c1. The molecule has 0 radical (unpaired) electrons. The number of rotatable bonds is 2. The van der Waals surface area contributed by atoms with Gasteiger partial charge in [-0.1, -0.05) is 22.0 Å². The number of likely N-dealkylation sites (tertiary alicyclic amines) is 1. The number of nitrogens with zero attached hydrogens (tertiary/aromatic N) is 1. The molecular weight excluding hydrogens is 295 g/mol. The van der Waals surface area contributed by atoms with Gasteiger partial charge in [-0.25, -0.2) is 4.39 Å². The van der Waals surface area contributed by atoms with Crippen molar-refractivity contribution in [3.8, 4) is 0 Å². The van der Waals surface area contributed by atoms with Crippen molar-refractivity contribution < 1.29 is 4.39 Å². The molecule has 0 aromatic heterocycles. The van der Waals surface area contributed by atoms with Gasteiger partial charge in [0.1, 0.15) is 5.82 Å². The average Bonchev–Trinajstić information content (AvgIpc) is 2.75. The molecule has 0 amide bonds. The van der Waals surface area contributed by atoms with Crippen molar-refractivity contribution in [1.29, 1.82) is 0 Å². The molecule has 2 aliphatic heterocycles. The number of hydrogen-bond donors (Lipinski definition) is 1. The zero-order chi connectivity index (χ0) is 12.5. The van der Waals surface area contributed by atoms with Crippen LogP contribution in [0.1, 0.15) is 18.4 Å². The average molecular weight is 313 g/mol. The summed E-state index contributed by atoms with van der Waals surface area (Å²) >= 11 is 3.45. The van der Waals surface area contributed by atoms with Gasteiger partial charge in [0.2, 0.25) is 0 Å². The first kappa shape index (κ1) is 12.6. The monoisotopic (exact) mass is 312 g/mol. The maximum atomic E-state index is 13.0. The molecule has 0 aliphatic carbocycles. The molecule has 2 heterocycles. The number of hydrogen-bond acceptors (Lipinski definition) is 2. The fourth-order valence-electron chi connectivity index (χ4n) is 3.16. The highest BCUT2D eigenvalue weighted by Gasteiger charge is 2.34. The molecule has 2 nitrogen and oxygen atoms in total.